The number of benzene rings is 3. The molecule has 0 bridgehead atoms. The number of ether oxygens (including phenoxy) is 3. The van der Waals surface area contributed by atoms with Gasteiger partial charge in [-0.2, -0.15) is 0 Å². The van der Waals surface area contributed by atoms with Gasteiger partial charge in [0.05, 0.1) is 12.6 Å². The first-order valence-corrected chi connectivity index (χ1v) is 9.40. The Balaban J connectivity index is 1.75. The average Bonchev–Trinajstić information content (AvgIpc) is 2.73. The van der Waals surface area contributed by atoms with Crippen molar-refractivity contribution in [3.05, 3.63) is 89.5 Å². The van der Waals surface area contributed by atoms with Crippen molar-refractivity contribution in [3.63, 3.8) is 0 Å². The first-order valence-electron chi connectivity index (χ1n) is 9.40. The van der Waals surface area contributed by atoms with Crippen molar-refractivity contribution in [2.75, 3.05) is 6.61 Å². The summed E-state index contributed by atoms with van der Waals surface area (Å²) in [6, 6.07) is 20.1. The van der Waals surface area contributed by atoms with Gasteiger partial charge in [-0.15, -0.1) is 13.2 Å². The third-order valence-electron chi connectivity index (χ3n) is 4.34. The van der Waals surface area contributed by atoms with E-state index >= 15 is 0 Å². The topological polar surface area (TPSA) is 53.7 Å². The summed E-state index contributed by atoms with van der Waals surface area (Å²) in [4.78, 5) is 0. The highest BCUT2D eigenvalue weighted by molar-refractivity contribution is 5.46. The molecule has 4 nitrogen and oxygen atoms in total. The zero-order chi connectivity index (χ0) is 21.6. The summed E-state index contributed by atoms with van der Waals surface area (Å²) in [7, 11) is 0. The van der Waals surface area contributed by atoms with Crippen molar-refractivity contribution < 1.29 is 27.4 Å². The van der Waals surface area contributed by atoms with Gasteiger partial charge in [-0.25, -0.2) is 0 Å². The van der Waals surface area contributed by atoms with Crippen molar-refractivity contribution in [1.82, 2.24) is 0 Å². The molecule has 158 valence electrons. The maximum absolute atomic E-state index is 12.3. The summed E-state index contributed by atoms with van der Waals surface area (Å²) >= 11 is 0. The molecule has 0 spiro atoms. The zero-order valence-corrected chi connectivity index (χ0v) is 16.4. The van der Waals surface area contributed by atoms with Crippen LogP contribution in [-0.2, 0) is 6.61 Å². The number of alkyl halides is 3. The van der Waals surface area contributed by atoms with Gasteiger partial charge < -0.3 is 19.9 Å². The van der Waals surface area contributed by atoms with Gasteiger partial charge in [0.1, 0.15) is 12.4 Å². The fraction of sp³-hybridized carbons (Fsp3) is 0.217. The molecule has 0 saturated heterocycles. The molecule has 7 heteroatoms. The lowest BCUT2D eigenvalue weighted by atomic mass is 9.99. The van der Waals surface area contributed by atoms with Gasteiger partial charge in [-0.1, -0.05) is 48.5 Å². The summed E-state index contributed by atoms with van der Waals surface area (Å²) in [6.45, 7) is 2.71. The Labute approximate surface area is 173 Å². The van der Waals surface area contributed by atoms with E-state index in [1.807, 2.05) is 43.3 Å². The van der Waals surface area contributed by atoms with Crippen LogP contribution in [0.3, 0.4) is 0 Å². The molecule has 1 atom stereocenters. The quantitative estimate of drug-likeness (QED) is 0.518. The molecule has 0 fully saturated rings. The molecule has 0 heterocycles. The van der Waals surface area contributed by atoms with Crippen LogP contribution in [0, 0.1) is 0 Å². The SMILES string of the molecule is CCOc1cc([C@H](N)c2ccc(OC(F)(F)F)cc2)ccc1OCc1ccccc1. The Morgan fingerprint density at radius 2 is 1.50 bits per heavy atom. The normalized spacial score (nSPS) is 12.3. The lowest BCUT2D eigenvalue weighted by molar-refractivity contribution is -0.274. The molecule has 0 unspecified atom stereocenters. The number of nitrogens with two attached hydrogens (primary N) is 1. The second-order valence-electron chi connectivity index (χ2n) is 6.51. The predicted octanol–water partition coefficient (Wildman–Crippen LogP) is 5.61. The van der Waals surface area contributed by atoms with Gasteiger partial charge >= 0.3 is 6.36 Å². The highest BCUT2D eigenvalue weighted by Gasteiger charge is 2.31. The second kappa shape index (κ2) is 9.54. The van der Waals surface area contributed by atoms with E-state index in [1.165, 1.54) is 24.3 Å². The molecule has 0 radical (unpaired) electrons. The summed E-state index contributed by atoms with van der Waals surface area (Å²) in [5.41, 5.74) is 8.73. The van der Waals surface area contributed by atoms with Gasteiger partial charge in [-0.05, 0) is 47.9 Å². The van der Waals surface area contributed by atoms with Crippen LogP contribution in [0.5, 0.6) is 17.2 Å². The number of hydrogen-bond acceptors (Lipinski definition) is 4. The molecule has 0 aliphatic heterocycles. The number of rotatable bonds is 8. The Kier molecular flexibility index (Phi) is 6.84. The van der Waals surface area contributed by atoms with Gasteiger partial charge in [0.25, 0.3) is 0 Å². The molecule has 3 rings (SSSR count). The van der Waals surface area contributed by atoms with Crippen LogP contribution in [0.25, 0.3) is 0 Å². The van der Waals surface area contributed by atoms with E-state index in [2.05, 4.69) is 4.74 Å². The predicted molar refractivity (Wildman–Crippen MR) is 108 cm³/mol. The molecule has 2 N–H and O–H groups in total. The van der Waals surface area contributed by atoms with E-state index in [0.29, 0.717) is 30.3 Å². The van der Waals surface area contributed by atoms with Crippen molar-refractivity contribution >= 4 is 0 Å². The van der Waals surface area contributed by atoms with E-state index in [0.717, 1.165) is 11.1 Å². The minimum absolute atomic E-state index is 0.293. The van der Waals surface area contributed by atoms with Crippen LogP contribution >= 0.6 is 0 Å². The lowest BCUT2D eigenvalue weighted by Gasteiger charge is -2.17. The van der Waals surface area contributed by atoms with Crippen LogP contribution in [0.1, 0.15) is 29.7 Å². The Hall–Kier alpha value is -3.19. The summed E-state index contributed by atoms with van der Waals surface area (Å²) in [6.07, 6.45) is -4.73. The van der Waals surface area contributed by atoms with E-state index in [-0.39, 0.29) is 5.75 Å². The maximum atomic E-state index is 12.3. The first-order chi connectivity index (χ1) is 14.4. The molecule has 30 heavy (non-hydrogen) atoms. The second-order valence-corrected chi connectivity index (χ2v) is 6.51. The number of halogens is 3. The minimum Gasteiger partial charge on any atom is -0.490 e. The summed E-state index contributed by atoms with van der Waals surface area (Å²) < 4.78 is 52.4. The molecule has 0 aliphatic rings. The zero-order valence-electron chi connectivity index (χ0n) is 16.4. The van der Waals surface area contributed by atoms with E-state index in [4.69, 9.17) is 15.2 Å². The lowest BCUT2D eigenvalue weighted by Crippen LogP contribution is -2.17. The van der Waals surface area contributed by atoms with Gasteiger partial charge in [-0.3, -0.25) is 0 Å². The number of hydrogen-bond donors (Lipinski definition) is 1. The van der Waals surface area contributed by atoms with Crippen molar-refractivity contribution in [2.45, 2.75) is 25.9 Å². The molecular weight excluding hydrogens is 395 g/mol. The molecule has 0 amide bonds. The van der Waals surface area contributed by atoms with Crippen LogP contribution in [0.2, 0.25) is 0 Å². The van der Waals surface area contributed by atoms with Crippen LogP contribution in [0.15, 0.2) is 72.8 Å². The standard InChI is InChI=1S/C23H22F3NO3/c1-2-28-21-14-18(10-13-20(21)29-15-16-6-4-3-5-7-16)22(27)17-8-11-19(12-9-17)30-23(24,25)26/h3-14,22H,2,15,27H2,1H3/t22-/m1/s1. The Morgan fingerprint density at radius 1 is 0.833 bits per heavy atom. The summed E-state index contributed by atoms with van der Waals surface area (Å²) in [5.74, 6) is 0.849. The first kappa shape index (κ1) is 21.5. The third kappa shape index (κ3) is 5.90. The maximum Gasteiger partial charge on any atom is 0.573 e. The van der Waals surface area contributed by atoms with Crippen molar-refractivity contribution in [3.8, 4) is 17.2 Å². The molecular formula is C23H22F3NO3. The fourth-order valence-corrected chi connectivity index (χ4v) is 2.91. The highest BCUT2D eigenvalue weighted by Crippen LogP contribution is 2.33. The molecule has 3 aromatic rings. The smallest absolute Gasteiger partial charge is 0.490 e. The molecule has 0 aliphatic carbocycles. The Morgan fingerprint density at radius 3 is 2.13 bits per heavy atom. The van der Waals surface area contributed by atoms with E-state index in [9.17, 15) is 13.2 Å². The molecule has 0 aromatic heterocycles. The summed E-state index contributed by atoms with van der Waals surface area (Å²) in [5, 5.41) is 0. The molecule has 0 saturated carbocycles. The average molecular weight is 417 g/mol. The monoisotopic (exact) mass is 417 g/mol. The van der Waals surface area contributed by atoms with Crippen LogP contribution in [0.4, 0.5) is 13.2 Å². The third-order valence-corrected chi connectivity index (χ3v) is 4.34. The fourth-order valence-electron chi connectivity index (χ4n) is 2.91. The largest absolute Gasteiger partial charge is 0.573 e. The van der Waals surface area contributed by atoms with Crippen LogP contribution in [-0.4, -0.2) is 13.0 Å². The molecule has 3 aromatic carbocycles. The van der Waals surface area contributed by atoms with Gasteiger partial charge in [0.15, 0.2) is 11.5 Å². The van der Waals surface area contributed by atoms with E-state index in [1.54, 1.807) is 12.1 Å². The van der Waals surface area contributed by atoms with Gasteiger partial charge in [0.2, 0.25) is 0 Å². The van der Waals surface area contributed by atoms with Crippen molar-refractivity contribution in [1.29, 1.82) is 0 Å². The minimum atomic E-state index is -4.73. The van der Waals surface area contributed by atoms with Crippen molar-refractivity contribution in [2.24, 2.45) is 5.73 Å². The Bertz CT molecular complexity index is 944. The van der Waals surface area contributed by atoms with Gasteiger partial charge in [0, 0.05) is 0 Å². The highest BCUT2D eigenvalue weighted by atomic mass is 19.4. The van der Waals surface area contributed by atoms with E-state index < -0.39 is 12.4 Å². The van der Waals surface area contributed by atoms with Crippen LogP contribution < -0.4 is 19.9 Å².